The molecule has 1 amide bonds. The molecule has 1 aliphatic rings. The Morgan fingerprint density at radius 3 is 2.06 bits per heavy atom. The molecular weight excluding hydrogens is 412 g/mol. The fourth-order valence-corrected chi connectivity index (χ4v) is 3.73. The van der Waals surface area contributed by atoms with E-state index in [2.05, 4.69) is 22.5 Å². The number of ether oxygens (including phenoxy) is 1. The quantitative estimate of drug-likeness (QED) is 0.474. The number of amides is 1. The summed E-state index contributed by atoms with van der Waals surface area (Å²) < 4.78 is 5.25. The minimum absolute atomic E-state index is 0.272. The van der Waals surface area contributed by atoms with Gasteiger partial charge in [-0.2, -0.15) is 5.48 Å². The number of halogens is 1. The smallest absolute Gasteiger partial charge is 0.409 e. The van der Waals surface area contributed by atoms with Crippen LogP contribution in [0.15, 0.2) is 72.8 Å². The molecule has 0 spiro atoms. The van der Waals surface area contributed by atoms with E-state index in [0.29, 0.717) is 10.8 Å². The standard InChI is InChI=1S/C25H25ClN2O3/c26-23-11-7-21(8-12-23)22-9-13-24(14-10-22)31-25(29)27-30-18-20-5-3-19(4-6-20)17-28-15-1-2-16-28/h3-14H,1-2,15-18H2,(H,27,29). The second kappa shape index (κ2) is 10.4. The highest BCUT2D eigenvalue weighted by atomic mass is 35.5. The highest BCUT2D eigenvalue weighted by molar-refractivity contribution is 6.30. The predicted molar refractivity (Wildman–Crippen MR) is 122 cm³/mol. The van der Waals surface area contributed by atoms with Crippen LogP contribution in [0.5, 0.6) is 5.75 Å². The second-order valence-electron chi connectivity index (χ2n) is 7.61. The molecule has 5 nitrogen and oxygen atoms in total. The fourth-order valence-electron chi connectivity index (χ4n) is 3.60. The van der Waals surface area contributed by atoms with Gasteiger partial charge in [0.1, 0.15) is 5.75 Å². The Labute approximate surface area is 187 Å². The van der Waals surface area contributed by atoms with Crippen LogP contribution in [0.4, 0.5) is 4.79 Å². The molecule has 0 aliphatic carbocycles. The Hall–Kier alpha value is -2.86. The van der Waals surface area contributed by atoms with E-state index in [4.69, 9.17) is 21.2 Å². The van der Waals surface area contributed by atoms with Crippen LogP contribution in [0, 0.1) is 0 Å². The molecule has 0 aromatic heterocycles. The summed E-state index contributed by atoms with van der Waals surface area (Å²) in [6, 6.07) is 23.1. The summed E-state index contributed by atoms with van der Waals surface area (Å²) in [6.07, 6.45) is 1.92. The molecule has 4 rings (SSSR count). The summed E-state index contributed by atoms with van der Waals surface area (Å²) in [6.45, 7) is 3.62. The molecule has 6 heteroatoms. The van der Waals surface area contributed by atoms with E-state index in [1.165, 1.54) is 31.5 Å². The topological polar surface area (TPSA) is 50.8 Å². The molecule has 160 valence electrons. The maximum atomic E-state index is 12.0. The number of carbonyl (C=O) groups is 1. The number of carbonyl (C=O) groups excluding carboxylic acids is 1. The Bertz CT molecular complexity index is 983. The Kier molecular flexibility index (Phi) is 7.20. The summed E-state index contributed by atoms with van der Waals surface area (Å²) >= 11 is 5.92. The number of nitrogens with zero attached hydrogens (tertiary/aromatic N) is 1. The van der Waals surface area contributed by atoms with Crippen LogP contribution in [0.1, 0.15) is 24.0 Å². The first-order valence-electron chi connectivity index (χ1n) is 10.4. The first-order chi connectivity index (χ1) is 15.2. The molecule has 31 heavy (non-hydrogen) atoms. The van der Waals surface area contributed by atoms with Crippen molar-refractivity contribution >= 4 is 17.7 Å². The van der Waals surface area contributed by atoms with Gasteiger partial charge in [0.15, 0.2) is 0 Å². The lowest BCUT2D eigenvalue weighted by molar-refractivity contribution is 0.0343. The van der Waals surface area contributed by atoms with Gasteiger partial charge < -0.3 is 4.74 Å². The second-order valence-corrected chi connectivity index (χ2v) is 8.05. The van der Waals surface area contributed by atoms with E-state index >= 15 is 0 Å². The summed E-state index contributed by atoms with van der Waals surface area (Å²) in [7, 11) is 0. The molecule has 0 radical (unpaired) electrons. The number of hydroxylamine groups is 1. The third kappa shape index (κ3) is 6.31. The van der Waals surface area contributed by atoms with Crippen LogP contribution in [0.3, 0.4) is 0 Å². The van der Waals surface area contributed by atoms with Crippen molar-refractivity contribution in [2.45, 2.75) is 26.0 Å². The molecule has 3 aromatic rings. The third-order valence-corrected chi connectivity index (χ3v) is 5.52. The summed E-state index contributed by atoms with van der Waals surface area (Å²) in [5.41, 5.74) is 6.64. The molecule has 1 heterocycles. The van der Waals surface area contributed by atoms with Crippen LogP contribution in [-0.4, -0.2) is 24.1 Å². The van der Waals surface area contributed by atoms with Crippen LogP contribution < -0.4 is 10.2 Å². The van der Waals surface area contributed by atoms with E-state index in [1.807, 2.05) is 48.5 Å². The summed E-state index contributed by atoms with van der Waals surface area (Å²) in [4.78, 5) is 19.7. The number of likely N-dealkylation sites (tertiary alicyclic amines) is 1. The zero-order valence-electron chi connectivity index (χ0n) is 17.2. The Morgan fingerprint density at radius 1 is 0.839 bits per heavy atom. The maximum absolute atomic E-state index is 12.0. The van der Waals surface area contributed by atoms with Crippen LogP contribution in [-0.2, 0) is 18.0 Å². The van der Waals surface area contributed by atoms with Crippen molar-refractivity contribution in [2.75, 3.05) is 13.1 Å². The minimum atomic E-state index is -0.662. The predicted octanol–water partition coefficient (Wildman–Crippen LogP) is 5.82. The van der Waals surface area contributed by atoms with Gasteiger partial charge in [0.25, 0.3) is 0 Å². The molecule has 1 N–H and O–H groups in total. The highest BCUT2D eigenvalue weighted by Crippen LogP contribution is 2.24. The van der Waals surface area contributed by atoms with Crippen molar-refractivity contribution in [1.29, 1.82) is 0 Å². The first-order valence-corrected chi connectivity index (χ1v) is 10.8. The number of hydrogen-bond donors (Lipinski definition) is 1. The van der Waals surface area contributed by atoms with E-state index in [1.54, 1.807) is 12.1 Å². The zero-order valence-corrected chi connectivity index (χ0v) is 18.0. The van der Waals surface area contributed by atoms with Gasteiger partial charge >= 0.3 is 6.09 Å². The van der Waals surface area contributed by atoms with Crippen molar-refractivity contribution < 1.29 is 14.4 Å². The third-order valence-electron chi connectivity index (χ3n) is 5.26. The van der Waals surface area contributed by atoms with E-state index in [0.717, 1.165) is 23.2 Å². The number of rotatable bonds is 7. The molecule has 0 saturated carbocycles. The molecule has 1 fully saturated rings. The van der Waals surface area contributed by atoms with Gasteiger partial charge in [0, 0.05) is 11.6 Å². The van der Waals surface area contributed by atoms with Gasteiger partial charge in [-0.15, -0.1) is 0 Å². The lowest BCUT2D eigenvalue weighted by atomic mass is 10.1. The molecule has 0 bridgehead atoms. The lowest BCUT2D eigenvalue weighted by Crippen LogP contribution is -2.26. The van der Waals surface area contributed by atoms with E-state index in [-0.39, 0.29) is 6.61 Å². The fraction of sp³-hybridized carbons (Fsp3) is 0.240. The summed E-state index contributed by atoms with van der Waals surface area (Å²) in [5, 5.41) is 0.693. The molecule has 0 atom stereocenters. The number of nitrogens with one attached hydrogen (secondary N) is 1. The highest BCUT2D eigenvalue weighted by Gasteiger charge is 2.11. The van der Waals surface area contributed by atoms with Crippen molar-refractivity contribution in [3.05, 3.63) is 88.9 Å². The Morgan fingerprint density at radius 2 is 1.42 bits per heavy atom. The van der Waals surface area contributed by atoms with E-state index < -0.39 is 6.09 Å². The van der Waals surface area contributed by atoms with Crippen molar-refractivity contribution in [1.82, 2.24) is 10.4 Å². The van der Waals surface area contributed by atoms with Gasteiger partial charge in [-0.1, -0.05) is 60.1 Å². The molecule has 3 aromatic carbocycles. The van der Waals surface area contributed by atoms with Crippen molar-refractivity contribution in [3.8, 4) is 16.9 Å². The zero-order chi connectivity index (χ0) is 21.5. The maximum Gasteiger partial charge on any atom is 0.436 e. The SMILES string of the molecule is O=C(NOCc1ccc(CN2CCCC2)cc1)Oc1ccc(-c2ccc(Cl)cc2)cc1. The van der Waals surface area contributed by atoms with Gasteiger partial charge in [-0.05, 0) is 72.5 Å². The van der Waals surface area contributed by atoms with Crippen molar-refractivity contribution in [2.24, 2.45) is 0 Å². The van der Waals surface area contributed by atoms with Crippen molar-refractivity contribution in [3.63, 3.8) is 0 Å². The molecule has 1 saturated heterocycles. The Balaban J connectivity index is 1.20. The van der Waals surface area contributed by atoms with Crippen LogP contribution in [0.25, 0.3) is 11.1 Å². The molecular formula is C25H25ClN2O3. The number of benzene rings is 3. The van der Waals surface area contributed by atoms with Gasteiger partial charge in [0.2, 0.25) is 0 Å². The largest absolute Gasteiger partial charge is 0.436 e. The average molecular weight is 437 g/mol. The van der Waals surface area contributed by atoms with Crippen LogP contribution in [0.2, 0.25) is 5.02 Å². The van der Waals surface area contributed by atoms with Gasteiger partial charge in [0.05, 0.1) is 6.61 Å². The lowest BCUT2D eigenvalue weighted by Gasteiger charge is -2.14. The normalized spacial score (nSPS) is 13.8. The van der Waals surface area contributed by atoms with Crippen LogP contribution >= 0.6 is 11.6 Å². The minimum Gasteiger partial charge on any atom is -0.409 e. The van der Waals surface area contributed by atoms with Gasteiger partial charge in [-0.25, -0.2) is 4.79 Å². The van der Waals surface area contributed by atoms with E-state index in [9.17, 15) is 4.79 Å². The van der Waals surface area contributed by atoms with Gasteiger partial charge in [-0.3, -0.25) is 9.74 Å². The molecule has 1 aliphatic heterocycles. The molecule has 0 unspecified atom stereocenters. The average Bonchev–Trinajstić information content (AvgIpc) is 3.29. The summed E-state index contributed by atoms with van der Waals surface area (Å²) in [5.74, 6) is 0.435. The number of hydrogen-bond acceptors (Lipinski definition) is 4. The first kappa shape index (κ1) is 21.4. The monoisotopic (exact) mass is 436 g/mol.